The van der Waals surface area contributed by atoms with Crippen molar-refractivity contribution in [3.8, 4) is 5.75 Å². The average molecular weight is 1290 g/mol. The average Bonchev–Trinajstić information content (AvgIpc) is 2.22. The summed E-state index contributed by atoms with van der Waals surface area (Å²) in [6, 6.07) is -9.71. The molecule has 0 radical (unpaired) electrons. The highest BCUT2D eigenvalue weighted by Crippen LogP contribution is 2.22. The van der Waals surface area contributed by atoms with Gasteiger partial charge in [0.1, 0.15) is 60.1 Å². The number of carbonyl (C=O) groups is 16. The Morgan fingerprint density at radius 3 is 1.61 bits per heavy atom. The van der Waals surface area contributed by atoms with Gasteiger partial charge in [0.05, 0.1) is 25.6 Å². The van der Waals surface area contributed by atoms with E-state index in [9.17, 15) is 97.1 Å². The minimum Gasteiger partial charge on any atom is -0.508 e. The molecule has 2 rings (SSSR count). The molecule has 0 spiro atoms. The summed E-state index contributed by atoms with van der Waals surface area (Å²) < 4.78 is 0. The van der Waals surface area contributed by atoms with Gasteiger partial charge in [0.25, 0.3) is 5.91 Å². The number of rotatable bonds is 40. The summed E-state index contributed by atoms with van der Waals surface area (Å²) in [5.41, 5.74) is 5.60. The monoisotopic (exact) mass is 1290 g/mol. The Labute approximate surface area is 522 Å². The van der Waals surface area contributed by atoms with Gasteiger partial charge in [-0.2, -0.15) is 11.8 Å². The normalized spacial score (nSPS) is 15.7. The standard InChI is InChI=1S/C56H84N12O21S/c1-8-10-32(46(79)55(88)58-25-40(72)60-35(20-22-90-7)49(82)64-37(24-43(77)78)52(85)63-36(23-30-12-14-31(71)15-13-30)51(84)65-38(26-69)47(57)80)61-53(86)39-11-9-21-68(39)56(89)45(28(4)5)67-54(87)44(27(2)3)66-50(83)34(17-19-42(75)76)62-48(81)33(59-29(6)70)16-18-41(73)74/h12-15,27-28,32-39,44-45,69,71H,8-11,16-26H2,1-7H3,(H2,57,80)(H,58,88)(H,59,70)(H,60,72)(H,61,86)(H,62,81)(H,63,85)(H,64,82)(H,65,84)(H,66,83)(H,67,87)(H,73,74)(H,75,76)(H,77,78)/t32-,33-,34-,35-,36-,37+,38-,39?,44-,45-/m0/s1. The van der Waals surface area contributed by atoms with Crippen LogP contribution >= 0.6 is 11.8 Å². The van der Waals surface area contributed by atoms with E-state index in [2.05, 4.69) is 53.2 Å². The number of carboxylic acid groups (broad SMARTS) is 3. The molecule has 0 bridgehead atoms. The first kappa shape index (κ1) is 77.1. The summed E-state index contributed by atoms with van der Waals surface area (Å²) in [5, 5.41) is 71.1. The van der Waals surface area contributed by atoms with Gasteiger partial charge in [-0.1, -0.05) is 53.2 Å². The van der Waals surface area contributed by atoms with Crippen LogP contribution in [-0.4, -0.2) is 217 Å². The fourth-order valence-electron chi connectivity index (χ4n) is 9.08. The lowest BCUT2D eigenvalue weighted by molar-refractivity contribution is -0.144. The van der Waals surface area contributed by atoms with Crippen molar-refractivity contribution < 1.29 is 102 Å². The Morgan fingerprint density at radius 1 is 0.600 bits per heavy atom. The quantitative estimate of drug-likeness (QED) is 0.0276. The van der Waals surface area contributed by atoms with Crippen molar-refractivity contribution >= 4 is 106 Å². The Balaban J connectivity index is 2.24. The summed E-state index contributed by atoms with van der Waals surface area (Å²) in [7, 11) is 0. The Hall–Kier alpha value is -8.95. The highest BCUT2D eigenvalue weighted by Gasteiger charge is 2.42. The van der Waals surface area contributed by atoms with Crippen LogP contribution in [0.15, 0.2) is 24.3 Å². The summed E-state index contributed by atoms with van der Waals surface area (Å²) >= 11 is 1.24. The molecule has 1 aliphatic rings. The summed E-state index contributed by atoms with van der Waals surface area (Å²) in [6.07, 6.45) is -1.36. The van der Waals surface area contributed by atoms with E-state index in [4.69, 9.17) is 10.8 Å². The van der Waals surface area contributed by atoms with Crippen LogP contribution in [0.3, 0.4) is 0 Å². The van der Waals surface area contributed by atoms with Crippen LogP contribution < -0.4 is 58.9 Å². The van der Waals surface area contributed by atoms with Gasteiger partial charge >= 0.3 is 17.9 Å². The first-order chi connectivity index (χ1) is 42.2. The number of aliphatic carboxylic acids is 3. The molecule has 33 nitrogen and oxygen atoms in total. The number of carbonyl (C=O) groups excluding carboxylic acids is 13. The summed E-state index contributed by atoms with van der Waals surface area (Å²) in [4.78, 5) is 210. The van der Waals surface area contributed by atoms with Crippen LogP contribution in [0.5, 0.6) is 5.75 Å². The van der Waals surface area contributed by atoms with Crippen molar-refractivity contribution in [3.05, 3.63) is 29.8 Å². The molecule has 1 aliphatic heterocycles. The van der Waals surface area contributed by atoms with Crippen LogP contribution in [0.4, 0.5) is 0 Å². The zero-order valence-electron chi connectivity index (χ0n) is 51.0. The third kappa shape index (κ3) is 26.4. The lowest BCUT2D eigenvalue weighted by Gasteiger charge is -2.33. The molecular weight excluding hydrogens is 1210 g/mol. The number of nitrogens with one attached hydrogen (secondary N) is 10. The van der Waals surface area contributed by atoms with E-state index in [-0.39, 0.29) is 63.0 Å². The maximum atomic E-state index is 14.4. The Bertz CT molecular complexity index is 2770. The first-order valence-electron chi connectivity index (χ1n) is 28.9. The van der Waals surface area contributed by atoms with E-state index in [0.29, 0.717) is 5.56 Å². The van der Waals surface area contributed by atoms with Crippen LogP contribution in [0, 0.1) is 11.8 Å². The molecule has 10 atom stereocenters. The van der Waals surface area contributed by atoms with Crippen molar-refractivity contribution in [2.45, 2.75) is 173 Å². The maximum absolute atomic E-state index is 14.4. The zero-order chi connectivity index (χ0) is 68.1. The molecule has 34 heteroatoms. The molecule has 0 aromatic heterocycles. The highest BCUT2D eigenvalue weighted by molar-refractivity contribution is 7.98. The molecule has 0 saturated carbocycles. The predicted molar refractivity (Wildman–Crippen MR) is 317 cm³/mol. The number of Topliss-reactive ketones (excluding diaryl/α,β-unsaturated/α-hetero) is 1. The molecule has 1 unspecified atom stereocenters. The van der Waals surface area contributed by atoms with Crippen LogP contribution in [0.25, 0.3) is 0 Å². The highest BCUT2D eigenvalue weighted by atomic mass is 32.2. The van der Waals surface area contributed by atoms with E-state index < -0.39 is 206 Å². The van der Waals surface area contributed by atoms with E-state index in [1.165, 1.54) is 40.9 Å². The number of primary amides is 1. The number of thioether (sulfide) groups is 1. The van der Waals surface area contributed by atoms with Gasteiger partial charge in [0.2, 0.25) is 70.8 Å². The minimum absolute atomic E-state index is 0.00996. The molecule has 0 aliphatic carbocycles. The zero-order valence-corrected chi connectivity index (χ0v) is 51.9. The number of likely N-dealkylation sites (tertiary alicyclic amines) is 1. The number of nitrogens with zero attached hydrogens (tertiary/aromatic N) is 1. The van der Waals surface area contributed by atoms with Crippen molar-refractivity contribution in [3.63, 3.8) is 0 Å². The second-order valence-corrected chi connectivity index (χ2v) is 22.9. The number of aliphatic hydroxyl groups excluding tert-OH is 1. The summed E-state index contributed by atoms with van der Waals surface area (Å²) in [5.74, 6) is -18.7. The van der Waals surface area contributed by atoms with Gasteiger partial charge in [-0.25, -0.2) is 0 Å². The molecule has 12 amide bonds. The van der Waals surface area contributed by atoms with E-state index >= 15 is 0 Å². The number of hydrogen-bond acceptors (Lipinski definition) is 19. The van der Waals surface area contributed by atoms with Gasteiger partial charge in [0, 0.05) is 32.7 Å². The maximum Gasteiger partial charge on any atom is 0.305 e. The third-order valence-corrected chi connectivity index (χ3v) is 14.5. The second kappa shape index (κ2) is 38.5. The number of amides is 12. The number of aliphatic hydroxyl groups is 1. The summed E-state index contributed by atoms with van der Waals surface area (Å²) in [6.45, 7) is 7.16. The van der Waals surface area contributed by atoms with Gasteiger partial charge < -0.3 is 89.3 Å². The van der Waals surface area contributed by atoms with E-state index in [0.717, 1.165) is 6.92 Å². The molecule has 1 aromatic carbocycles. The molecule has 90 heavy (non-hydrogen) atoms. The third-order valence-electron chi connectivity index (χ3n) is 13.9. The van der Waals surface area contributed by atoms with Gasteiger partial charge in [-0.3, -0.25) is 76.7 Å². The number of phenolic OH excluding ortho intramolecular Hbond substituents is 1. The second-order valence-electron chi connectivity index (χ2n) is 21.9. The minimum atomic E-state index is -1.90. The smallest absolute Gasteiger partial charge is 0.305 e. The number of benzene rings is 1. The molecular formula is C56H84N12O21S. The molecule has 500 valence electrons. The molecule has 1 heterocycles. The van der Waals surface area contributed by atoms with Crippen LogP contribution in [-0.2, 0) is 83.1 Å². The van der Waals surface area contributed by atoms with Gasteiger partial charge in [-0.15, -0.1) is 0 Å². The number of ketones is 1. The van der Waals surface area contributed by atoms with E-state index in [1.54, 1.807) is 40.9 Å². The number of aromatic hydroxyl groups is 1. The van der Waals surface area contributed by atoms with Gasteiger partial charge in [-0.05, 0) is 80.1 Å². The topological polar surface area (TPSA) is 524 Å². The predicted octanol–water partition coefficient (Wildman–Crippen LogP) is -4.46. The van der Waals surface area contributed by atoms with E-state index in [1.807, 2.05) is 0 Å². The fraction of sp³-hybridized carbons (Fsp3) is 0.607. The van der Waals surface area contributed by atoms with Crippen LogP contribution in [0.1, 0.15) is 111 Å². The van der Waals surface area contributed by atoms with Crippen molar-refractivity contribution in [2.24, 2.45) is 17.6 Å². The fourth-order valence-corrected chi connectivity index (χ4v) is 9.56. The largest absolute Gasteiger partial charge is 0.508 e. The SMILES string of the molecule is CCC[C@H](NC(=O)C1CCCN1C(=O)[C@@H](NC(=O)[C@@H](NC(=O)[C@H](CCC(=O)O)NC(=O)[C@H](CCC(=O)O)NC(C)=O)C(C)C)C(C)C)C(=O)C(=O)NCC(=O)N[C@@H](CCSC)C(=O)N[C@H](CC(=O)O)C(=O)N[C@@H](Cc1ccc(O)cc1)C(=O)N[C@@H](CO)C(N)=O. The van der Waals surface area contributed by atoms with Crippen molar-refractivity contribution in [1.82, 2.24) is 58.1 Å². The van der Waals surface area contributed by atoms with Crippen LogP contribution in [0.2, 0.25) is 0 Å². The molecule has 1 fully saturated rings. The first-order valence-corrected chi connectivity index (χ1v) is 30.3. The van der Waals surface area contributed by atoms with Crippen molar-refractivity contribution in [1.29, 1.82) is 0 Å². The Morgan fingerprint density at radius 2 is 1.10 bits per heavy atom. The number of hydrogen-bond donors (Lipinski definition) is 16. The lowest BCUT2D eigenvalue weighted by Crippen LogP contribution is -2.61. The Kier molecular flexibility index (Phi) is 33.0. The molecule has 17 N–H and O–H groups in total. The van der Waals surface area contributed by atoms with Gasteiger partial charge in [0.15, 0.2) is 0 Å². The lowest BCUT2D eigenvalue weighted by atomic mass is 9.98. The molecule has 1 aromatic rings. The molecule has 1 saturated heterocycles. The number of carboxylic acids is 3. The van der Waals surface area contributed by atoms with Crippen molar-refractivity contribution in [2.75, 3.05) is 31.7 Å². The number of nitrogens with two attached hydrogens (primary N) is 1. The number of phenols is 1.